The van der Waals surface area contributed by atoms with Gasteiger partial charge in [0.05, 0.1) is 0 Å². The molecule has 0 spiro atoms. The standard InChI is InChI=1S/C11H19N3O2/c1-2-3-6-12-7-4-8-14-9-5-10(15)13-11(14)16/h5,9,12H,2-4,6-8H2,1H3,(H,13,15,16). The monoisotopic (exact) mass is 225 g/mol. The van der Waals surface area contributed by atoms with Crippen molar-refractivity contribution in [3.63, 3.8) is 0 Å². The van der Waals surface area contributed by atoms with Gasteiger partial charge in [-0.05, 0) is 25.9 Å². The molecule has 0 amide bonds. The van der Waals surface area contributed by atoms with Gasteiger partial charge in [-0.1, -0.05) is 13.3 Å². The van der Waals surface area contributed by atoms with Crippen molar-refractivity contribution in [3.8, 4) is 0 Å². The second kappa shape index (κ2) is 7.00. The highest BCUT2D eigenvalue weighted by Gasteiger charge is 1.95. The van der Waals surface area contributed by atoms with Crippen molar-refractivity contribution in [1.29, 1.82) is 0 Å². The second-order valence-corrected chi connectivity index (χ2v) is 3.76. The van der Waals surface area contributed by atoms with Crippen molar-refractivity contribution >= 4 is 0 Å². The third-order valence-corrected chi connectivity index (χ3v) is 2.36. The molecular weight excluding hydrogens is 206 g/mol. The molecule has 5 nitrogen and oxygen atoms in total. The molecule has 16 heavy (non-hydrogen) atoms. The lowest BCUT2D eigenvalue weighted by Gasteiger charge is -2.05. The summed E-state index contributed by atoms with van der Waals surface area (Å²) in [6.07, 6.45) is 4.79. The minimum Gasteiger partial charge on any atom is -0.317 e. The predicted octanol–water partition coefficient (Wildman–Crippen LogP) is 0.316. The van der Waals surface area contributed by atoms with Crippen LogP contribution < -0.4 is 16.6 Å². The first kappa shape index (κ1) is 12.7. The Bertz CT molecular complexity index is 408. The van der Waals surface area contributed by atoms with Gasteiger partial charge in [0.2, 0.25) is 0 Å². The number of aromatic amines is 1. The van der Waals surface area contributed by atoms with Crippen molar-refractivity contribution in [3.05, 3.63) is 33.1 Å². The third kappa shape index (κ3) is 4.44. The van der Waals surface area contributed by atoms with Crippen LogP contribution in [-0.2, 0) is 6.54 Å². The smallest absolute Gasteiger partial charge is 0.317 e. The van der Waals surface area contributed by atoms with Crippen LogP contribution in [0.5, 0.6) is 0 Å². The van der Waals surface area contributed by atoms with Crippen molar-refractivity contribution in [1.82, 2.24) is 14.9 Å². The Morgan fingerprint density at radius 1 is 1.31 bits per heavy atom. The lowest BCUT2D eigenvalue weighted by Crippen LogP contribution is -2.29. The van der Waals surface area contributed by atoms with Gasteiger partial charge >= 0.3 is 5.69 Å². The Labute approximate surface area is 94.5 Å². The first-order valence-corrected chi connectivity index (χ1v) is 5.74. The lowest BCUT2D eigenvalue weighted by molar-refractivity contribution is 0.552. The molecule has 0 saturated carbocycles. The van der Waals surface area contributed by atoms with E-state index in [-0.39, 0.29) is 11.2 Å². The van der Waals surface area contributed by atoms with Crippen LogP contribution in [0.1, 0.15) is 26.2 Å². The summed E-state index contributed by atoms with van der Waals surface area (Å²) in [7, 11) is 0. The van der Waals surface area contributed by atoms with Crippen LogP contribution in [0.15, 0.2) is 21.9 Å². The highest BCUT2D eigenvalue weighted by Crippen LogP contribution is 1.85. The van der Waals surface area contributed by atoms with Crippen LogP contribution in [0.4, 0.5) is 0 Å². The zero-order chi connectivity index (χ0) is 11.8. The average molecular weight is 225 g/mol. The molecule has 90 valence electrons. The second-order valence-electron chi connectivity index (χ2n) is 3.76. The Kier molecular flexibility index (Phi) is 5.56. The number of aryl methyl sites for hydroxylation is 1. The molecule has 0 aliphatic carbocycles. The lowest BCUT2D eigenvalue weighted by atomic mass is 10.3. The number of nitrogens with zero attached hydrogens (tertiary/aromatic N) is 1. The summed E-state index contributed by atoms with van der Waals surface area (Å²) in [5.74, 6) is 0. The van der Waals surface area contributed by atoms with Crippen molar-refractivity contribution < 1.29 is 0 Å². The minimum absolute atomic E-state index is 0.332. The quantitative estimate of drug-likeness (QED) is 0.657. The molecule has 0 bridgehead atoms. The maximum absolute atomic E-state index is 11.3. The van der Waals surface area contributed by atoms with E-state index in [4.69, 9.17) is 0 Å². The van der Waals surface area contributed by atoms with E-state index in [9.17, 15) is 9.59 Å². The van der Waals surface area contributed by atoms with Crippen molar-refractivity contribution in [2.45, 2.75) is 32.7 Å². The van der Waals surface area contributed by atoms with Gasteiger partial charge in [-0.2, -0.15) is 0 Å². The number of rotatable bonds is 7. The molecule has 0 aliphatic heterocycles. The summed E-state index contributed by atoms with van der Waals surface area (Å²) in [5, 5.41) is 3.30. The van der Waals surface area contributed by atoms with Crippen LogP contribution >= 0.6 is 0 Å². The van der Waals surface area contributed by atoms with Gasteiger partial charge < -0.3 is 9.88 Å². The summed E-state index contributed by atoms with van der Waals surface area (Å²) < 4.78 is 1.52. The fourth-order valence-electron chi connectivity index (χ4n) is 1.42. The summed E-state index contributed by atoms with van der Waals surface area (Å²) in [6.45, 7) is 4.71. The SMILES string of the molecule is CCCCNCCCn1ccc(=O)[nH]c1=O. The Hall–Kier alpha value is -1.36. The molecule has 1 rings (SSSR count). The van der Waals surface area contributed by atoms with Crippen LogP contribution in [0.3, 0.4) is 0 Å². The van der Waals surface area contributed by atoms with E-state index in [2.05, 4.69) is 17.2 Å². The maximum Gasteiger partial charge on any atom is 0.328 e. The molecule has 1 aromatic rings. The van der Waals surface area contributed by atoms with Gasteiger partial charge in [0.15, 0.2) is 0 Å². The van der Waals surface area contributed by atoms with E-state index in [1.165, 1.54) is 29.7 Å². The highest BCUT2D eigenvalue weighted by molar-refractivity contribution is 4.82. The zero-order valence-electron chi connectivity index (χ0n) is 9.66. The molecule has 1 aromatic heterocycles. The van der Waals surface area contributed by atoms with Gasteiger partial charge in [-0.3, -0.25) is 9.78 Å². The first-order chi connectivity index (χ1) is 7.74. The number of hydrogen-bond donors (Lipinski definition) is 2. The molecule has 0 unspecified atom stereocenters. The number of unbranched alkanes of at least 4 members (excludes halogenated alkanes) is 1. The van der Waals surface area contributed by atoms with E-state index < -0.39 is 0 Å². The number of hydrogen-bond acceptors (Lipinski definition) is 3. The summed E-state index contributed by atoms with van der Waals surface area (Å²) >= 11 is 0. The normalized spacial score (nSPS) is 10.6. The fourth-order valence-corrected chi connectivity index (χ4v) is 1.42. The molecule has 2 N–H and O–H groups in total. The van der Waals surface area contributed by atoms with E-state index >= 15 is 0 Å². The molecular formula is C11H19N3O2. The number of aromatic nitrogens is 2. The molecule has 0 atom stereocenters. The van der Waals surface area contributed by atoms with E-state index in [0.717, 1.165) is 19.5 Å². The Morgan fingerprint density at radius 2 is 2.06 bits per heavy atom. The van der Waals surface area contributed by atoms with Gasteiger partial charge in [0, 0.05) is 18.8 Å². The average Bonchev–Trinajstić information content (AvgIpc) is 2.26. The maximum atomic E-state index is 11.3. The minimum atomic E-state index is -0.345. The zero-order valence-corrected chi connectivity index (χ0v) is 9.66. The predicted molar refractivity (Wildman–Crippen MR) is 63.7 cm³/mol. The Morgan fingerprint density at radius 3 is 2.75 bits per heavy atom. The van der Waals surface area contributed by atoms with E-state index in [1.807, 2.05) is 0 Å². The van der Waals surface area contributed by atoms with Crippen LogP contribution in [0, 0.1) is 0 Å². The van der Waals surface area contributed by atoms with Crippen LogP contribution in [0.25, 0.3) is 0 Å². The first-order valence-electron chi connectivity index (χ1n) is 5.74. The van der Waals surface area contributed by atoms with E-state index in [0.29, 0.717) is 6.54 Å². The molecule has 1 heterocycles. The van der Waals surface area contributed by atoms with Gasteiger partial charge in [0.1, 0.15) is 0 Å². The molecule has 5 heteroatoms. The van der Waals surface area contributed by atoms with Crippen molar-refractivity contribution in [2.75, 3.05) is 13.1 Å². The molecule has 0 saturated heterocycles. The van der Waals surface area contributed by atoms with Gasteiger partial charge in [-0.25, -0.2) is 4.79 Å². The molecule has 0 fully saturated rings. The molecule has 0 aliphatic rings. The molecule has 0 radical (unpaired) electrons. The van der Waals surface area contributed by atoms with Crippen molar-refractivity contribution in [2.24, 2.45) is 0 Å². The fraction of sp³-hybridized carbons (Fsp3) is 0.636. The number of H-pyrrole nitrogens is 1. The van der Waals surface area contributed by atoms with E-state index in [1.54, 1.807) is 0 Å². The summed E-state index contributed by atoms with van der Waals surface area (Å²) in [6, 6.07) is 1.37. The molecule has 0 aromatic carbocycles. The Balaban J connectivity index is 2.27. The van der Waals surface area contributed by atoms with Crippen LogP contribution in [0.2, 0.25) is 0 Å². The third-order valence-electron chi connectivity index (χ3n) is 2.36. The summed E-state index contributed by atoms with van der Waals surface area (Å²) in [5.41, 5.74) is -0.677. The van der Waals surface area contributed by atoms with Gasteiger partial charge in [0.25, 0.3) is 5.56 Å². The topological polar surface area (TPSA) is 66.9 Å². The largest absolute Gasteiger partial charge is 0.328 e. The number of nitrogens with one attached hydrogen (secondary N) is 2. The van der Waals surface area contributed by atoms with Crippen LogP contribution in [-0.4, -0.2) is 22.6 Å². The summed E-state index contributed by atoms with van der Waals surface area (Å²) in [4.78, 5) is 24.3. The highest BCUT2D eigenvalue weighted by atomic mass is 16.2. The van der Waals surface area contributed by atoms with Gasteiger partial charge in [-0.15, -0.1) is 0 Å².